The Labute approximate surface area is 183 Å². The summed E-state index contributed by atoms with van der Waals surface area (Å²) in [5, 5.41) is 9.43. The van der Waals surface area contributed by atoms with Gasteiger partial charge in [0.2, 0.25) is 17.8 Å². The molecule has 0 saturated heterocycles. The third-order valence-corrected chi connectivity index (χ3v) is 4.27. The molecule has 32 heavy (non-hydrogen) atoms. The van der Waals surface area contributed by atoms with Crippen molar-refractivity contribution < 1.29 is 17.9 Å². The molecule has 0 unspecified atom stereocenters. The van der Waals surface area contributed by atoms with Crippen LogP contribution in [0, 0.1) is 0 Å². The highest BCUT2D eigenvalue weighted by Gasteiger charge is 2.31. The van der Waals surface area contributed by atoms with Crippen LogP contribution in [-0.2, 0) is 6.18 Å². The van der Waals surface area contributed by atoms with Crippen molar-refractivity contribution in [1.29, 1.82) is 0 Å². The van der Waals surface area contributed by atoms with Crippen LogP contribution in [0.5, 0.6) is 11.6 Å². The summed E-state index contributed by atoms with van der Waals surface area (Å²) in [6, 6.07) is 11.2. The Morgan fingerprint density at radius 1 is 0.969 bits per heavy atom. The fraction of sp³-hybridized carbons (Fsp3) is 0.0526. The molecule has 0 bridgehead atoms. The lowest BCUT2D eigenvalue weighted by Crippen LogP contribution is -2.05. The Kier molecular flexibility index (Phi) is 5.45. The fourth-order valence-corrected chi connectivity index (χ4v) is 2.94. The van der Waals surface area contributed by atoms with Crippen LogP contribution in [-0.4, -0.2) is 25.1 Å². The van der Waals surface area contributed by atoms with Crippen molar-refractivity contribution in [1.82, 2.24) is 25.1 Å². The van der Waals surface area contributed by atoms with Crippen LogP contribution >= 0.6 is 11.6 Å². The number of nitrogens with one attached hydrogen (secondary N) is 2. The van der Waals surface area contributed by atoms with E-state index in [1.54, 1.807) is 24.3 Å². The van der Waals surface area contributed by atoms with Gasteiger partial charge in [0, 0.05) is 22.3 Å². The summed E-state index contributed by atoms with van der Waals surface area (Å²) < 4.78 is 44.6. The van der Waals surface area contributed by atoms with Gasteiger partial charge in [0.15, 0.2) is 5.82 Å². The number of rotatable bonds is 5. The van der Waals surface area contributed by atoms with Gasteiger partial charge in [0.05, 0.1) is 5.56 Å². The zero-order chi connectivity index (χ0) is 22.9. The van der Waals surface area contributed by atoms with Gasteiger partial charge in [-0.1, -0.05) is 11.6 Å². The van der Waals surface area contributed by atoms with Gasteiger partial charge in [0.25, 0.3) is 0 Å². The largest absolute Gasteiger partial charge is 0.439 e. The first kappa shape index (κ1) is 21.2. The number of nitrogens with zero attached hydrogens (tertiary/aromatic N) is 4. The summed E-state index contributed by atoms with van der Waals surface area (Å²) in [4.78, 5) is 11.9. The second kappa shape index (κ2) is 8.23. The Morgan fingerprint density at radius 3 is 2.41 bits per heavy atom. The van der Waals surface area contributed by atoms with E-state index in [1.807, 2.05) is 0 Å². The number of ether oxygens (including phenoxy) is 1. The number of hydrogen-bond donors (Lipinski definition) is 4. The molecule has 0 aliphatic rings. The van der Waals surface area contributed by atoms with Gasteiger partial charge in [-0.3, -0.25) is 5.10 Å². The lowest BCUT2D eigenvalue weighted by Gasteiger charge is -2.08. The van der Waals surface area contributed by atoms with Gasteiger partial charge in [0.1, 0.15) is 11.6 Å². The lowest BCUT2D eigenvalue weighted by molar-refractivity contribution is -0.137. The third-order valence-electron chi connectivity index (χ3n) is 4.06. The molecule has 0 amide bonds. The standard InChI is InChI=1S/C19H14ClF3N8O/c20-11-6-9(5-10(7-11)19(21,22)23)16-29-18(31-30-16)26-12-1-3-13(4-2-12)32-15-8-14(24)27-17(25)28-15/h1-8H,(H4,24,25,27,28)(H2,26,29,30,31). The molecular weight excluding hydrogens is 449 g/mol. The average Bonchev–Trinajstić information content (AvgIpc) is 3.16. The van der Waals surface area contributed by atoms with Crippen LogP contribution < -0.4 is 21.5 Å². The molecule has 0 aliphatic carbocycles. The van der Waals surface area contributed by atoms with Crippen molar-refractivity contribution in [3.63, 3.8) is 0 Å². The summed E-state index contributed by atoms with van der Waals surface area (Å²) >= 11 is 5.82. The molecule has 4 rings (SSSR count). The minimum absolute atomic E-state index is 0.0132. The quantitative estimate of drug-likeness (QED) is 0.336. The molecule has 9 nitrogen and oxygen atoms in total. The fourth-order valence-electron chi connectivity index (χ4n) is 2.71. The molecule has 2 aromatic carbocycles. The SMILES string of the molecule is Nc1cc(Oc2ccc(Nc3n[nH]c(-c4cc(Cl)cc(C(F)(F)F)c4)n3)cc2)nc(N)n1. The molecule has 6 N–H and O–H groups in total. The van der Waals surface area contributed by atoms with Crippen molar-refractivity contribution >= 4 is 35.0 Å². The first-order valence-electron chi connectivity index (χ1n) is 8.91. The highest BCUT2D eigenvalue weighted by Crippen LogP contribution is 2.34. The van der Waals surface area contributed by atoms with Crippen molar-refractivity contribution in [2.45, 2.75) is 6.18 Å². The molecule has 0 atom stereocenters. The molecule has 0 aliphatic heterocycles. The van der Waals surface area contributed by atoms with Crippen LogP contribution in [0.4, 0.5) is 36.6 Å². The van der Waals surface area contributed by atoms with Crippen molar-refractivity contribution in [2.24, 2.45) is 0 Å². The first-order chi connectivity index (χ1) is 15.2. The van der Waals surface area contributed by atoms with E-state index in [0.29, 0.717) is 11.4 Å². The Balaban J connectivity index is 1.47. The second-order valence-electron chi connectivity index (χ2n) is 6.47. The zero-order valence-corrected chi connectivity index (χ0v) is 16.7. The molecule has 164 valence electrons. The third kappa shape index (κ3) is 4.98. The topological polar surface area (TPSA) is 141 Å². The molecule has 2 heterocycles. The number of H-pyrrole nitrogens is 1. The zero-order valence-electron chi connectivity index (χ0n) is 16.0. The van der Waals surface area contributed by atoms with Gasteiger partial charge in [-0.2, -0.15) is 28.1 Å². The summed E-state index contributed by atoms with van der Waals surface area (Å²) in [5.74, 6) is 1.09. The molecular formula is C19H14ClF3N8O. The number of aromatic nitrogens is 5. The van der Waals surface area contributed by atoms with Crippen molar-refractivity contribution in [2.75, 3.05) is 16.8 Å². The first-order valence-corrected chi connectivity index (χ1v) is 9.29. The van der Waals surface area contributed by atoms with E-state index in [4.69, 9.17) is 27.8 Å². The van der Waals surface area contributed by atoms with Crippen molar-refractivity contribution in [3.8, 4) is 23.0 Å². The number of hydrogen-bond acceptors (Lipinski definition) is 8. The number of halogens is 4. The molecule has 4 aromatic rings. The summed E-state index contributed by atoms with van der Waals surface area (Å²) in [6.45, 7) is 0. The molecule has 0 radical (unpaired) electrons. The number of benzene rings is 2. The predicted octanol–water partition coefficient (Wildman–Crippen LogP) is 4.63. The highest BCUT2D eigenvalue weighted by atomic mass is 35.5. The molecule has 13 heteroatoms. The van der Waals surface area contributed by atoms with Crippen LogP contribution in [0.1, 0.15) is 5.56 Å². The van der Waals surface area contributed by atoms with E-state index in [9.17, 15) is 13.2 Å². The smallest absolute Gasteiger partial charge is 0.416 e. The maximum Gasteiger partial charge on any atom is 0.416 e. The van der Waals surface area contributed by atoms with Gasteiger partial charge >= 0.3 is 6.18 Å². The Morgan fingerprint density at radius 2 is 1.72 bits per heavy atom. The van der Waals surface area contributed by atoms with Crippen LogP contribution in [0.15, 0.2) is 48.5 Å². The van der Waals surface area contributed by atoms with E-state index < -0.39 is 11.7 Å². The minimum atomic E-state index is -4.53. The van der Waals surface area contributed by atoms with Gasteiger partial charge in [-0.25, -0.2) is 0 Å². The number of nitrogen functional groups attached to an aromatic ring is 2. The summed E-state index contributed by atoms with van der Waals surface area (Å²) in [7, 11) is 0. The van der Waals surface area contributed by atoms with E-state index >= 15 is 0 Å². The molecule has 0 spiro atoms. The second-order valence-corrected chi connectivity index (χ2v) is 6.91. The number of anilines is 4. The number of aromatic amines is 1. The molecule has 0 saturated carbocycles. The Bertz CT molecular complexity index is 1240. The molecule has 2 aromatic heterocycles. The average molecular weight is 463 g/mol. The van der Waals surface area contributed by atoms with E-state index in [1.165, 1.54) is 12.1 Å². The van der Waals surface area contributed by atoms with E-state index in [0.717, 1.165) is 12.1 Å². The van der Waals surface area contributed by atoms with E-state index in [-0.39, 0.29) is 40.0 Å². The maximum absolute atomic E-state index is 13.0. The highest BCUT2D eigenvalue weighted by molar-refractivity contribution is 6.30. The Hall–Kier alpha value is -4.06. The molecule has 0 fully saturated rings. The van der Waals surface area contributed by atoms with Gasteiger partial charge in [-0.05, 0) is 42.5 Å². The normalized spacial score (nSPS) is 11.4. The monoisotopic (exact) mass is 462 g/mol. The van der Waals surface area contributed by atoms with E-state index in [2.05, 4.69) is 30.5 Å². The lowest BCUT2D eigenvalue weighted by atomic mass is 10.1. The summed E-state index contributed by atoms with van der Waals surface area (Å²) in [5.41, 5.74) is 11.0. The van der Waals surface area contributed by atoms with Gasteiger partial charge in [-0.15, -0.1) is 5.10 Å². The predicted molar refractivity (Wildman–Crippen MR) is 112 cm³/mol. The van der Waals surface area contributed by atoms with Gasteiger partial charge < -0.3 is 21.5 Å². The minimum Gasteiger partial charge on any atom is -0.439 e. The van der Waals surface area contributed by atoms with Crippen molar-refractivity contribution in [3.05, 3.63) is 59.1 Å². The summed E-state index contributed by atoms with van der Waals surface area (Å²) in [6.07, 6.45) is -4.53. The van der Waals surface area contributed by atoms with Crippen LogP contribution in [0.25, 0.3) is 11.4 Å². The van der Waals surface area contributed by atoms with Crippen LogP contribution in [0.2, 0.25) is 5.02 Å². The number of alkyl halides is 3. The maximum atomic E-state index is 13.0. The number of nitrogens with two attached hydrogens (primary N) is 2. The van der Waals surface area contributed by atoms with Crippen LogP contribution in [0.3, 0.4) is 0 Å².